The van der Waals surface area contributed by atoms with Gasteiger partial charge in [-0.15, -0.1) is 0 Å². The minimum Gasteiger partial charge on any atom is -0.370 e. The van der Waals surface area contributed by atoms with Gasteiger partial charge in [0.05, 0.1) is 0 Å². The molecule has 2 N–H and O–H groups in total. The Morgan fingerprint density at radius 1 is 1.64 bits per heavy atom. The number of rotatable bonds is 5. The summed E-state index contributed by atoms with van der Waals surface area (Å²) in [6.45, 7) is 4.07. The van der Waals surface area contributed by atoms with Gasteiger partial charge in [0.2, 0.25) is 5.91 Å². The summed E-state index contributed by atoms with van der Waals surface area (Å²) in [5.74, 6) is 0.143. The van der Waals surface area contributed by atoms with E-state index in [-0.39, 0.29) is 5.91 Å². The van der Waals surface area contributed by atoms with Crippen molar-refractivity contribution in [2.24, 2.45) is 11.7 Å². The Morgan fingerprint density at radius 2 is 2.27 bits per heavy atom. The van der Waals surface area contributed by atoms with Crippen LogP contribution in [0.15, 0.2) is 12.2 Å². The van der Waals surface area contributed by atoms with Crippen molar-refractivity contribution in [2.45, 2.75) is 33.1 Å². The second-order valence-electron chi connectivity index (χ2n) is 2.74. The molecule has 11 heavy (non-hydrogen) atoms. The molecular formula is C9H17NO. The second kappa shape index (κ2) is 5.96. The van der Waals surface area contributed by atoms with E-state index in [9.17, 15) is 4.79 Å². The topological polar surface area (TPSA) is 43.1 Å². The Bertz CT molecular complexity index is 140. The molecule has 0 fully saturated rings. The summed E-state index contributed by atoms with van der Waals surface area (Å²) in [6, 6.07) is 0. The van der Waals surface area contributed by atoms with E-state index >= 15 is 0 Å². The lowest BCUT2D eigenvalue weighted by Gasteiger charge is -2.07. The molecule has 0 bridgehead atoms. The number of primary amides is 1. The molecule has 1 amide bonds. The van der Waals surface area contributed by atoms with E-state index in [0.29, 0.717) is 12.3 Å². The Morgan fingerprint density at radius 3 is 2.64 bits per heavy atom. The normalized spacial score (nSPS) is 13.6. The molecule has 1 atom stereocenters. The molecule has 0 radical (unpaired) electrons. The van der Waals surface area contributed by atoms with Crippen LogP contribution in [0.1, 0.15) is 33.1 Å². The number of nitrogens with two attached hydrogens (primary N) is 1. The minimum atomic E-state index is -0.207. The zero-order valence-electron chi connectivity index (χ0n) is 7.34. The van der Waals surface area contributed by atoms with Gasteiger partial charge >= 0.3 is 0 Å². The highest BCUT2D eigenvalue weighted by atomic mass is 16.1. The van der Waals surface area contributed by atoms with Gasteiger partial charge in [0, 0.05) is 6.42 Å². The van der Waals surface area contributed by atoms with Crippen LogP contribution in [0, 0.1) is 5.92 Å². The fraction of sp³-hybridized carbons (Fsp3) is 0.667. The fourth-order valence-corrected chi connectivity index (χ4v) is 1.17. The Labute approximate surface area is 68.5 Å². The van der Waals surface area contributed by atoms with E-state index in [2.05, 4.69) is 6.92 Å². The van der Waals surface area contributed by atoms with Crippen LogP contribution in [0.25, 0.3) is 0 Å². The molecule has 2 nitrogen and oxygen atoms in total. The Hall–Kier alpha value is -0.790. The van der Waals surface area contributed by atoms with Crippen molar-refractivity contribution < 1.29 is 4.79 Å². The molecule has 0 aliphatic carbocycles. The molecule has 0 heterocycles. The van der Waals surface area contributed by atoms with E-state index in [4.69, 9.17) is 5.73 Å². The zero-order valence-corrected chi connectivity index (χ0v) is 7.34. The van der Waals surface area contributed by atoms with Crippen LogP contribution in [0.4, 0.5) is 0 Å². The van der Waals surface area contributed by atoms with Gasteiger partial charge in [-0.25, -0.2) is 0 Å². The quantitative estimate of drug-likeness (QED) is 0.605. The predicted octanol–water partition coefficient (Wildman–Crippen LogP) is 1.85. The van der Waals surface area contributed by atoms with Crippen molar-refractivity contribution >= 4 is 5.91 Å². The molecule has 0 saturated heterocycles. The fourth-order valence-electron chi connectivity index (χ4n) is 1.17. The number of amides is 1. The summed E-state index contributed by atoms with van der Waals surface area (Å²) in [5, 5.41) is 0. The Kier molecular flexibility index (Phi) is 5.53. The lowest BCUT2D eigenvalue weighted by Crippen LogP contribution is -2.15. The standard InChI is InChI=1S/C9H17NO/c1-3-5-8(6-4-2)7-9(10)11/h3,5,8H,4,6-7H2,1-2H3,(H2,10,11)/b5-3+. The summed E-state index contributed by atoms with van der Waals surface area (Å²) in [4.78, 5) is 10.5. The van der Waals surface area contributed by atoms with Gasteiger partial charge in [0.15, 0.2) is 0 Å². The Balaban J connectivity index is 3.78. The summed E-state index contributed by atoms with van der Waals surface area (Å²) in [5.41, 5.74) is 5.08. The summed E-state index contributed by atoms with van der Waals surface area (Å²) in [6.07, 6.45) is 6.66. The van der Waals surface area contributed by atoms with Gasteiger partial charge in [-0.05, 0) is 19.3 Å². The lowest BCUT2D eigenvalue weighted by molar-refractivity contribution is -0.118. The highest BCUT2D eigenvalue weighted by Crippen LogP contribution is 2.11. The van der Waals surface area contributed by atoms with Crippen molar-refractivity contribution in [1.82, 2.24) is 0 Å². The molecule has 0 aliphatic heterocycles. The summed E-state index contributed by atoms with van der Waals surface area (Å²) >= 11 is 0. The molecular weight excluding hydrogens is 138 g/mol. The highest BCUT2D eigenvalue weighted by Gasteiger charge is 2.05. The molecule has 0 rings (SSSR count). The van der Waals surface area contributed by atoms with Crippen molar-refractivity contribution in [2.75, 3.05) is 0 Å². The predicted molar refractivity (Wildman–Crippen MR) is 47.0 cm³/mol. The number of carbonyl (C=O) groups is 1. The first-order valence-electron chi connectivity index (χ1n) is 4.11. The maximum atomic E-state index is 10.5. The lowest BCUT2D eigenvalue weighted by atomic mass is 9.99. The molecule has 1 unspecified atom stereocenters. The third-order valence-corrected chi connectivity index (χ3v) is 1.59. The van der Waals surface area contributed by atoms with Crippen molar-refractivity contribution in [1.29, 1.82) is 0 Å². The SMILES string of the molecule is C/C=C/C(CCC)CC(N)=O. The van der Waals surface area contributed by atoms with Crippen molar-refractivity contribution in [3.8, 4) is 0 Å². The molecule has 0 aliphatic rings. The zero-order chi connectivity index (χ0) is 8.69. The first kappa shape index (κ1) is 10.2. The molecule has 0 aromatic carbocycles. The summed E-state index contributed by atoms with van der Waals surface area (Å²) < 4.78 is 0. The van der Waals surface area contributed by atoms with Crippen LogP contribution in [-0.2, 0) is 4.79 Å². The molecule has 0 saturated carbocycles. The smallest absolute Gasteiger partial charge is 0.218 e. The van der Waals surface area contributed by atoms with E-state index in [1.807, 2.05) is 19.1 Å². The van der Waals surface area contributed by atoms with Crippen LogP contribution in [0.5, 0.6) is 0 Å². The number of hydrogen-bond acceptors (Lipinski definition) is 1. The number of carbonyl (C=O) groups excluding carboxylic acids is 1. The van der Waals surface area contributed by atoms with Gasteiger partial charge in [0.1, 0.15) is 0 Å². The average molecular weight is 155 g/mol. The third kappa shape index (κ3) is 5.64. The largest absolute Gasteiger partial charge is 0.370 e. The monoisotopic (exact) mass is 155 g/mol. The summed E-state index contributed by atoms with van der Waals surface area (Å²) in [7, 11) is 0. The first-order valence-corrected chi connectivity index (χ1v) is 4.11. The maximum Gasteiger partial charge on any atom is 0.218 e. The molecule has 2 heteroatoms. The molecule has 0 spiro atoms. The van der Waals surface area contributed by atoms with E-state index in [0.717, 1.165) is 12.8 Å². The first-order chi connectivity index (χ1) is 5.20. The third-order valence-electron chi connectivity index (χ3n) is 1.59. The van der Waals surface area contributed by atoms with E-state index in [1.165, 1.54) is 0 Å². The van der Waals surface area contributed by atoms with Crippen LogP contribution >= 0.6 is 0 Å². The van der Waals surface area contributed by atoms with Crippen LogP contribution in [0.2, 0.25) is 0 Å². The number of allylic oxidation sites excluding steroid dienone is 2. The highest BCUT2D eigenvalue weighted by molar-refractivity contribution is 5.74. The van der Waals surface area contributed by atoms with E-state index < -0.39 is 0 Å². The average Bonchev–Trinajstić information content (AvgIpc) is 1.87. The van der Waals surface area contributed by atoms with Crippen molar-refractivity contribution in [3.63, 3.8) is 0 Å². The molecule has 0 aromatic rings. The minimum absolute atomic E-state index is 0.207. The van der Waals surface area contributed by atoms with Crippen LogP contribution in [-0.4, -0.2) is 5.91 Å². The van der Waals surface area contributed by atoms with Gasteiger partial charge in [-0.3, -0.25) is 4.79 Å². The van der Waals surface area contributed by atoms with Gasteiger partial charge in [-0.1, -0.05) is 25.5 Å². The van der Waals surface area contributed by atoms with Crippen LogP contribution in [0.3, 0.4) is 0 Å². The van der Waals surface area contributed by atoms with Crippen molar-refractivity contribution in [3.05, 3.63) is 12.2 Å². The molecule has 0 aromatic heterocycles. The molecule has 64 valence electrons. The van der Waals surface area contributed by atoms with E-state index in [1.54, 1.807) is 0 Å². The van der Waals surface area contributed by atoms with Gasteiger partial charge in [-0.2, -0.15) is 0 Å². The number of hydrogen-bond donors (Lipinski definition) is 1. The maximum absolute atomic E-state index is 10.5. The van der Waals surface area contributed by atoms with Crippen LogP contribution < -0.4 is 5.73 Å². The van der Waals surface area contributed by atoms with Gasteiger partial charge < -0.3 is 5.73 Å². The van der Waals surface area contributed by atoms with Gasteiger partial charge in [0.25, 0.3) is 0 Å². The second-order valence-corrected chi connectivity index (χ2v) is 2.74.